The highest BCUT2D eigenvalue weighted by Gasteiger charge is 2.20. The molecule has 0 saturated carbocycles. The van der Waals surface area contributed by atoms with Gasteiger partial charge in [0.2, 0.25) is 0 Å². The minimum absolute atomic E-state index is 0.00347. The van der Waals surface area contributed by atoms with E-state index in [9.17, 15) is 9.59 Å². The monoisotopic (exact) mass is 463 g/mol. The van der Waals surface area contributed by atoms with Crippen molar-refractivity contribution in [2.24, 2.45) is 0 Å². The van der Waals surface area contributed by atoms with E-state index in [1.54, 1.807) is 6.07 Å². The number of benzene rings is 3. The molecule has 0 unspecified atom stereocenters. The highest BCUT2D eigenvalue weighted by atomic mass is 79.9. The molecule has 2 aromatic heterocycles. The van der Waals surface area contributed by atoms with Crippen LogP contribution >= 0.6 is 15.9 Å². The Bertz CT molecular complexity index is 1520. The number of pyridine rings is 1. The van der Waals surface area contributed by atoms with E-state index in [1.807, 2.05) is 24.3 Å². The Balaban J connectivity index is 1.96. The van der Waals surface area contributed by atoms with Crippen LogP contribution in [0.1, 0.15) is 32.8 Å². The number of alkyl halides is 1. The zero-order chi connectivity index (χ0) is 21.2. The van der Waals surface area contributed by atoms with Crippen LogP contribution in [0.25, 0.3) is 43.5 Å². The molecule has 5 heteroatoms. The fourth-order valence-corrected chi connectivity index (χ4v) is 4.60. The number of fused-ring (bicyclic) bond motifs is 2. The molecule has 0 spiro atoms. The van der Waals surface area contributed by atoms with E-state index in [1.165, 1.54) is 10.1 Å². The van der Waals surface area contributed by atoms with Gasteiger partial charge in [-0.1, -0.05) is 48.8 Å². The maximum Gasteiger partial charge on any atom is 0.261 e. The second-order valence-electron chi connectivity index (χ2n) is 8.89. The van der Waals surface area contributed by atoms with Crippen LogP contribution in [0.2, 0.25) is 0 Å². The molecule has 0 saturated heterocycles. The number of hydrogen-bond donors (Lipinski definition) is 0. The Labute approximate surface area is 181 Å². The summed E-state index contributed by atoms with van der Waals surface area (Å²) in [6, 6.07) is 13.8. The van der Waals surface area contributed by atoms with Crippen LogP contribution in [0, 0.1) is 0 Å². The smallest absolute Gasteiger partial charge is 0.261 e. The van der Waals surface area contributed by atoms with Crippen molar-refractivity contribution < 1.29 is 4.42 Å². The maximum atomic E-state index is 13.1. The van der Waals surface area contributed by atoms with Crippen molar-refractivity contribution in [1.82, 2.24) is 4.57 Å². The third-order valence-electron chi connectivity index (χ3n) is 5.94. The summed E-state index contributed by atoms with van der Waals surface area (Å²) in [6.07, 6.45) is 0.720. The fraction of sp³-hybridized carbons (Fsp3) is 0.280. The second-order valence-corrected chi connectivity index (χ2v) is 9.68. The van der Waals surface area contributed by atoms with Crippen LogP contribution in [0.3, 0.4) is 0 Å². The predicted molar refractivity (Wildman–Crippen MR) is 128 cm³/mol. The molecule has 0 aliphatic carbocycles. The first-order valence-corrected chi connectivity index (χ1v) is 11.3. The van der Waals surface area contributed by atoms with Crippen molar-refractivity contribution in [2.75, 3.05) is 5.33 Å². The van der Waals surface area contributed by atoms with Crippen LogP contribution in [-0.2, 0) is 12.0 Å². The van der Waals surface area contributed by atoms with Gasteiger partial charge in [-0.15, -0.1) is 0 Å². The Kier molecular flexibility index (Phi) is 4.30. The summed E-state index contributed by atoms with van der Waals surface area (Å²) in [5.74, 6) is 0. The average Bonchev–Trinajstić information content (AvgIpc) is 2.72. The number of hydrogen-bond acceptors (Lipinski definition) is 3. The lowest BCUT2D eigenvalue weighted by Crippen LogP contribution is -2.33. The molecule has 0 radical (unpaired) electrons. The van der Waals surface area contributed by atoms with Crippen molar-refractivity contribution in [2.45, 2.75) is 39.2 Å². The predicted octanol–water partition coefficient (Wildman–Crippen LogP) is 5.93. The van der Waals surface area contributed by atoms with Gasteiger partial charge in [0, 0.05) is 38.8 Å². The number of rotatable bonds is 3. The van der Waals surface area contributed by atoms with Gasteiger partial charge in [-0.2, -0.15) is 0 Å². The SMILES string of the molecule is CC(C)(C)c1ccc2oc3ccc4c(=O)n(CCCBr)c(=O)c5ccc(c2c1)c3c45. The quantitative estimate of drug-likeness (QED) is 0.189. The molecule has 2 heterocycles. The van der Waals surface area contributed by atoms with Gasteiger partial charge in [0.1, 0.15) is 11.2 Å². The summed E-state index contributed by atoms with van der Waals surface area (Å²) < 4.78 is 7.57. The molecular formula is C25H22BrNO3. The lowest BCUT2D eigenvalue weighted by Gasteiger charge is -2.20. The molecule has 5 aromatic rings. The minimum atomic E-state index is -0.230. The van der Waals surface area contributed by atoms with Crippen molar-refractivity contribution in [3.05, 3.63) is 68.7 Å². The van der Waals surface area contributed by atoms with E-state index < -0.39 is 0 Å². The molecule has 4 nitrogen and oxygen atoms in total. The molecule has 0 fully saturated rings. The van der Waals surface area contributed by atoms with Crippen LogP contribution in [0.4, 0.5) is 0 Å². The summed E-state index contributed by atoms with van der Waals surface area (Å²) in [5.41, 5.74) is 2.24. The standard InChI is InChI=1S/C25H22BrNO3/c1-25(2,3)14-5-9-19-18(13-14)15-6-7-16-21-17(8-10-20(30-19)22(15)21)24(29)27(23(16)28)12-4-11-26/h5-10,13H,4,11-12H2,1-3H3. The number of aromatic nitrogens is 1. The van der Waals surface area contributed by atoms with E-state index >= 15 is 0 Å². The van der Waals surface area contributed by atoms with E-state index in [4.69, 9.17) is 4.42 Å². The first-order valence-electron chi connectivity index (χ1n) is 10.2. The van der Waals surface area contributed by atoms with Gasteiger partial charge in [-0.05, 0) is 53.1 Å². The van der Waals surface area contributed by atoms with Crippen LogP contribution in [0.15, 0.2) is 56.5 Å². The average molecular weight is 464 g/mol. The highest BCUT2D eigenvalue weighted by Crippen LogP contribution is 2.38. The Morgan fingerprint density at radius 3 is 2.13 bits per heavy atom. The van der Waals surface area contributed by atoms with E-state index in [0.717, 1.165) is 33.5 Å². The molecule has 30 heavy (non-hydrogen) atoms. The Morgan fingerprint density at radius 1 is 0.833 bits per heavy atom. The third-order valence-corrected chi connectivity index (χ3v) is 6.51. The van der Waals surface area contributed by atoms with Crippen molar-refractivity contribution in [3.8, 4) is 0 Å². The van der Waals surface area contributed by atoms with Crippen LogP contribution in [0.5, 0.6) is 0 Å². The molecular weight excluding hydrogens is 442 g/mol. The van der Waals surface area contributed by atoms with Gasteiger partial charge >= 0.3 is 0 Å². The molecule has 0 amide bonds. The fourth-order valence-electron chi connectivity index (χ4n) is 4.35. The Morgan fingerprint density at radius 2 is 1.47 bits per heavy atom. The van der Waals surface area contributed by atoms with Crippen molar-refractivity contribution in [3.63, 3.8) is 0 Å². The van der Waals surface area contributed by atoms with Crippen molar-refractivity contribution >= 4 is 59.4 Å². The maximum absolute atomic E-state index is 13.1. The lowest BCUT2D eigenvalue weighted by molar-refractivity contribution is 0.590. The molecule has 0 atom stereocenters. The highest BCUT2D eigenvalue weighted by molar-refractivity contribution is 9.09. The lowest BCUT2D eigenvalue weighted by atomic mass is 9.85. The zero-order valence-electron chi connectivity index (χ0n) is 17.2. The van der Waals surface area contributed by atoms with E-state index in [-0.39, 0.29) is 16.5 Å². The van der Waals surface area contributed by atoms with Crippen LogP contribution in [-0.4, -0.2) is 9.90 Å². The van der Waals surface area contributed by atoms with E-state index in [0.29, 0.717) is 28.3 Å². The normalized spacial score (nSPS) is 12.7. The largest absolute Gasteiger partial charge is 0.456 e. The van der Waals surface area contributed by atoms with Gasteiger partial charge in [-0.3, -0.25) is 14.2 Å². The summed E-state index contributed by atoms with van der Waals surface area (Å²) in [4.78, 5) is 26.3. The number of halogens is 1. The number of nitrogens with zero attached hydrogens (tertiary/aromatic N) is 1. The molecule has 0 aliphatic rings. The first-order chi connectivity index (χ1) is 14.3. The summed E-state index contributed by atoms with van der Waals surface area (Å²) in [5, 5.41) is 5.45. The first kappa shape index (κ1) is 19.3. The van der Waals surface area contributed by atoms with Gasteiger partial charge in [0.15, 0.2) is 0 Å². The Hall–Kier alpha value is -2.66. The van der Waals surface area contributed by atoms with E-state index in [2.05, 4.69) is 48.8 Å². The summed E-state index contributed by atoms with van der Waals surface area (Å²) in [6.45, 7) is 6.95. The molecule has 152 valence electrons. The molecule has 0 bridgehead atoms. The zero-order valence-corrected chi connectivity index (χ0v) is 18.8. The van der Waals surface area contributed by atoms with Crippen LogP contribution < -0.4 is 11.1 Å². The molecule has 0 N–H and O–H groups in total. The van der Waals surface area contributed by atoms with Gasteiger partial charge in [0.25, 0.3) is 11.1 Å². The minimum Gasteiger partial charge on any atom is -0.456 e. The summed E-state index contributed by atoms with van der Waals surface area (Å²) in [7, 11) is 0. The van der Waals surface area contributed by atoms with Crippen molar-refractivity contribution in [1.29, 1.82) is 0 Å². The third kappa shape index (κ3) is 2.72. The van der Waals surface area contributed by atoms with Gasteiger partial charge in [0.05, 0.1) is 0 Å². The molecule has 3 aromatic carbocycles. The molecule has 0 aliphatic heterocycles. The second kappa shape index (κ2) is 6.67. The van der Waals surface area contributed by atoms with Gasteiger partial charge in [-0.25, -0.2) is 0 Å². The summed E-state index contributed by atoms with van der Waals surface area (Å²) >= 11 is 3.38. The topological polar surface area (TPSA) is 52.2 Å². The van der Waals surface area contributed by atoms with Gasteiger partial charge < -0.3 is 4.42 Å². The molecule has 5 rings (SSSR count).